The minimum absolute atomic E-state index is 0.0640. The number of nitrogens with one attached hydrogen (secondary N) is 1. The van der Waals surface area contributed by atoms with Crippen LogP contribution in [0.3, 0.4) is 0 Å². The molecule has 1 saturated heterocycles. The molecule has 1 fully saturated rings. The molecule has 2 unspecified atom stereocenters. The lowest BCUT2D eigenvalue weighted by atomic mass is 9.95. The SMILES string of the molecule is Cc1nccn1CC1=Cc2ccccc2C(N2CCN(C(=O)NC3=CCC(C#CN)C=C3)CC2)c2ncc(Cl)cc21. The van der Waals surface area contributed by atoms with Crippen LogP contribution in [0.1, 0.15) is 40.7 Å². The van der Waals surface area contributed by atoms with Gasteiger partial charge in [0.25, 0.3) is 0 Å². The number of carbonyl (C=O) groups excluding carboxylic acids is 1. The van der Waals surface area contributed by atoms with Crippen LogP contribution in [0.15, 0.2) is 72.8 Å². The van der Waals surface area contributed by atoms with Crippen LogP contribution < -0.4 is 11.1 Å². The van der Waals surface area contributed by atoms with Crippen molar-refractivity contribution in [2.75, 3.05) is 26.2 Å². The lowest BCUT2D eigenvalue weighted by Gasteiger charge is -2.39. The normalized spacial score (nSPS) is 20.1. The molecule has 208 valence electrons. The van der Waals surface area contributed by atoms with Gasteiger partial charge in [0.2, 0.25) is 0 Å². The molecule has 8 nitrogen and oxygen atoms in total. The molecule has 2 amide bonds. The number of aromatic nitrogens is 3. The number of imidazole rings is 1. The fourth-order valence-corrected chi connectivity index (χ4v) is 5.95. The predicted octanol–water partition coefficient (Wildman–Crippen LogP) is 4.59. The number of aryl methyl sites for hydroxylation is 1. The van der Waals surface area contributed by atoms with Crippen molar-refractivity contribution in [3.05, 3.63) is 106 Å². The number of piperazine rings is 1. The van der Waals surface area contributed by atoms with Crippen molar-refractivity contribution in [2.45, 2.75) is 25.9 Å². The summed E-state index contributed by atoms with van der Waals surface area (Å²) in [4.78, 5) is 26.7. The number of urea groups is 1. The topological polar surface area (TPSA) is 92.3 Å². The maximum atomic E-state index is 13.1. The summed E-state index contributed by atoms with van der Waals surface area (Å²) in [5.41, 5.74) is 11.7. The Labute approximate surface area is 245 Å². The standard InChI is InChI=1S/C32H32ClN7O/c1-22-35-12-13-40(22)21-25-18-24-4-2-3-5-28(24)31(30-29(25)19-26(33)20-36-30)38-14-16-39(17-15-38)32(41)37-27-8-6-23(7-9-27)10-11-34/h2-6,8-9,12-13,18-20,23,31H,7,14-17,21,34H2,1H3,(H,37,41). The van der Waals surface area contributed by atoms with E-state index in [9.17, 15) is 4.79 Å². The molecule has 41 heavy (non-hydrogen) atoms. The molecule has 0 spiro atoms. The van der Waals surface area contributed by atoms with Gasteiger partial charge < -0.3 is 20.5 Å². The second kappa shape index (κ2) is 11.7. The Kier molecular flexibility index (Phi) is 7.64. The molecule has 0 bridgehead atoms. The zero-order valence-corrected chi connectivity index (χ0v) is 23.7. The highest BCUT2D eigenvalue weighted by molar-refractivity contribution is 6.30. The highest BCUT2D eigenvalue weighted by atomic mass is 35.5. The average molecular weight is 566 g/mol. The summed E-state index contributed by atoms with van der Waals surface area (Å²) < 4.78 is 2.14. The molecule has 6 rings (SSSR count). The molecule has 0 radical (unpaired) electrons. The first-order chi connectivity index (χ1) is 20.0. The number of hydrogen-bond donors (Lipinski definition) is 2. The summed E-state index contributed by atoms with van der Waals surface area (Å²) in [6.45, 7) is 5.33. The Morgan fingerprint density at radius 2 is 2.02 bits per heavy atom. The molecule has 3 N–H and O–H groups in total. The van der Waals surface area contributed by atoms with Crippen molar-refractivity contribution >= 4 is 29.3 Å². The Morgan fingerprint density at radius 3 is 2.76 bits per heavy atom. The summed E-state index contributed by atoms with van der Waals surface area (Å²) in [5, 5.41) is 3.65. The largest absolute Gasteiger partial charge is 0.359 e. The molecule has 9 heteroatoms. The van der Waals surface area contributed by atoms with Gasteiger partial charge in [-0.25, -0.2) is 9.78 Å². The van der Waals surface area contributed by atoms with Crippen LogP contribution in [0.2, 0.25) is 5.02 Å². The first-order valence-corrected chi connectivity index (χ1v) is 14.2. The average Bonchev–Trinajstić information content (AvgIpc) is 3.33. The maximum Gasteiger partial charge on any atom is 0.321 e. The third-order valence-electron chi connectivity index (χ3n) is 7.96. The van der Waals surface area contributed by atoms with Crippen LogP contribution in [0.25, 0.3) is 11.6 Å². The molecule has 2 aromatic heterocycles. The van der Waals surface area contributed by atoms with Gasteiger partial charge in [-0.3, -0.25) is 9.88 Å². The Hall–Kier alpha value is -4.32. The van der Waals surface area contributed by atoms with Crippen molar-refractivity contribution in [1.82, 2.24) is 29.7 Å². The molecular weight excluding hydrogens is 534 g/mol. The first kappa shape index (κ1) is 26.9. The van der Waals surface area contributed by atoms with Crippen LogP contribution in [0, 0.1) is 24.8 Å². The third-order valence-corrected chi connectivity index (χ3v) is 8.17. The molecular formula is C32H32ClN7O. The van der Waals surface area contributed by atoms with Gasteiger partial charge in [0.05, 0.1) is 16.8 Å². The minimum atomic E-state index is -0.0878. The number of nitrogens with zero attached hydrogens (tertiary/aromatic N) is 5. The summed E-state index contributed by atoms with van der Waals surface area (Å²) in [6.07, 6.45) is 14.4. The van der Waals surface area contributed by atoms with E-state index < -0.39 is 0 Å². The number of amides is 2. The number of fused-ring (bicyclic) bond motifs is 2. The van der Waals surface area contributed by atoms with Crippen molar-refractivity contribution in [3.63, 3.8) is 0 Å². The van der Waals surface area contributed by atoms with Crippen molar-refractivity contribution in [1.29, 1.82) is 0 Å². The lowest BCUT2D eigenvalue weighted by Crippen LogP contribution is -2.52. The highest BCUT2D eigenvalue weighted by Gasteiger charge is 2.34. The number of allylic oxidation sites excluding steroid dienone is 4. The maximum absolute atomic E-state index is 13.1. The van der Waals surface area contributed by atoms with Gasteiger partial charge >= 0.3 is 6.03 Å². The third kappa shape index (κ3) is 5.64. The summed E-state index contributed by atoms with van der Waals surface area (Å²) in [5.74, 6) is 3.99. The van der Waals surface area contributed by atoms with E-state index in [-0.39, 0.29) is 18.0 Å². The zero-order chi connectivity index (χ0) is 28.3. The van der Waals surface area contributed by atoms with E-state index in [1.807, 2.05) is 48.5 Å². The quantitative estimate of drug-likeness (QED) is 0.357. The number of nitrogens with two attached hydrogens (primary N) is 1. The number of benzene rings is 1. The highest BCUT2D eigenvalue weighted by Crippen LogP contribution is 2.40. The van der Waals surface area contributed by atoms with Crippen LogP contribution in [-0.2, 0) is 6.54 Å². The number of pyridine rings is 1. The molecule has 1 aliphatic heterocycles. The number of hydrogen-bond acceptors (Lipinski definition) is 5. The number of carbonyl (C=O) groups is 1. The Bertz CT molecular complexity index is 1620. The van der Waals surface area contributed by atoms with Crippen LogP contribution in [0.5, 0.6) is 0 Å². The minimum Gasteiger partial charge on any atom is -0.359 e. The van der Waals surface area contributed by atoms with Gasteiger partial charge in [0.15, 0.2) is 0 Å². The predicted molar refractivity (Wildman–Crippen MR) is 161 cm³/mol. The van der Waals surface area contributed by atoms with E-state index in [1.54, 1.807) is 6.20 Å². The van der Waals surface area contributed by atoms with Crippen LogP contribution in [-0.4, -0.2) is 56.5 Å². The van der Waals surface area contributed by atoms with Gasteiger partial charge in [0.1, 0.15) is 5.82 Å². The first-order valence-electron chi connectivity index (χ1n) is 13.8. The number of rotatable bonds is 4. The van der Waals surface area contributed by atoms with E-state index in [0.717, 1.165) is 53.4 Å². The second-order valence-corrected chi connectivity index (χ2v) is 10.9. The fourth-order valence-electron chi connectivity index (χ4n) is 5.80. The molecule has 2 atom stereocenters. The summed E-state index contributed by atoms with van der Waals surface area (Å²) in [6, 6.07) is 12.8. The van der Waals surface area contributed by atoms with Gasteiger partial charge in [-0.2, -0.15) is 0 Å². The van der Waals surface area contributed by atoms with Crippen molar-refractivity contribution < 1.29 is 4.79 Å². The Morgan fingerprint density at radius 1 is 1.20 bits per heavy atom. The lowest BCUT2D eigenvalue weighted by molar-refractivity contribution is 0.120. The molecule has 0 saturated carbocycles. The van der Waals surface area contributed by atoms with E-state index in [2.05, 4.69) is 62.1 Å². The van der Waals surface area contributed by atoms with Gasteiger partial charge in [-0.15, -0.1) is 0 Å². The molecule has 3 aromatic rings. The smallest absolute Gasteiger partial charge is 0.321 e. The molecule has 3 aliphatic rings. The van der Waals surface area contributed by atoms with Crippen LogP contribution in [0.4, 0.5) is 4.79 Å². The van der Waals surface area contributed by atoms with E-state index in [1.165, 1.54) is 5.56 Å². The van der Waals surface area contributed by atoms with Crippen LogP contribution >= 0.6 is 11.6 Å². The summed E-state index contributed by atoms with van der Waals surface area (Å²) in [7, 11) is 0. The van der Waals surface area contributed by atoms with Gasteiger partial charge in [-0.05, 0) is 48.3 Å². The second-order valence-electron chi connectivity index (χ2n) is 10.5. The van der Waals surface area contributed by atoms with E-state index >= 15 is 0 Å². The zero-order valence-electron chi connectivity index (χ0n) is 22.9. The van der Waals surface area contributed by atoms with Gasteiger partial charge in [-0.1, -0.05) is 53.9 Å². The molecule has 3 heterocycles. The van der Waals surface area contributed by atoms with Crippen molar-refractivity contribution in [3.8, 4) is 12.0 Å². The molecule has 1 aromatic carbocycles. The van der Waals surface area contributed by atoms with Gasteiger partial charge in [0, 0.05) is 74.5 Å². The Balaban J connectivity index is 1.24. The van der Waals surface area contributed by atoms with Crippen molar-refractivity contribution in [2.24, 2.45) is 11.7 Å². The number of halogens is 1. The summed E-state index contributed by atoms with van der Waals surface area (Å²) >= 11 is 6.52. The fraction of sp³-hybridized carbons (Fsp3) is 0.281. The molecule has 2 aliphatic carbocycles. The monoisotopic (exact) mass is 565 g/mol. The van der Waals surface area contributed by atoms with E-state index in [4.69, 9.17) is 22.3 Å². The van der Waals surface area contributed by atoms with E-state index in [0.29, 0.717) is 24.7 Å².